The molecule has 1 heterocycles. The monoisotopic (exact) mass is 254 g/mol. The highest BCUT2D eigenvalue weighted by atomic mass is 35.5. The summed E-state index contributed by atoms with van der Waals surface area (Å²) >= 11 is 12.2. The van der Waals surface area contributed by atoms with Gasteiger partial charge in [0, 0.05) is 6.54 Å². The number of halogens is 2. The second kappa shape index (κ2) is 3.94. The molecule has 1 saturated carbocycles. The maximum absolute atomic E-state index is 6.23. The molecule has 0 atom stereocenters. The summed E-state index contributed by atoms with van der Waals surface area (Å²) in [6.45, 7) is 1.00. The van der Waals surface area contributed by atoms with Gasteiger partial charge in [-0.05, 0) is 30.9 Å². The van der Waals surface area contributed by atoms with Crippen LogP contribution in [-0.4, -0.2) is 9.55 Å². The van der Waals surface area contributed by atoms with Crippen LogP contribution in [0.1, 0.15) is 18.7 Å². The first-order valence-corrected chi connectivity index (χ1v) is 6.40. The molecule has 0 radical (unpaired) electrons. The average Bonchev–Trinajstić information content (AvgIpc) is 3.00. The SMILES string of the molecule is ClCc1nc2cccc(Cl)c2n1CC1CC1. The smallest absolute Gasteiger partial charge is 0.124 e. The molecular weight excluding hydrogens is 243 g/mol. The summed E-state index contributed by atoms with van der Waals surface area (Å²) in [5.74, 6) is 2.16. The molecule has 1 aromatic carbocycles. The molecule has 4 heteroatoms. The Hall–Kier alpha value is -0.730. The Morgan fingerprint density at radius 3 is 2.88 bits per heavy atom. The van der Waals surface area contributed by atoms with E-state index in [0.717, 1.165) is 34.3 Å². The third-order valence-electron chi connectivity index (χ3n) is 3.05. The number of nitrogens with zero attached hydrogens (tertiary/aromatic N) is 2. The summed E-state index contributed by atoms with van der Waals surface area (Å²) in [5, 5.41) is 0.766. The number of benzene rings is 1. The van der Waals surface area contributed by atoms with Crippen molar-refractivity contribution < 1.29 is 0 Å². The second-order valence-corrected chi connectivity index (χ2v) is 5.00. The molecule has 2 nitrogen and oxygen atoms in total. The van der Waals surface area contributed by atoms with Crippen LogP contribution in [0.25, 0.3) is 11.0 Å². The quantitative estimate of drug-likeness (QED) is 0.762. The third kappa shape index (κ3) is 1.70. The topological polar surface area (TPSA) is 17.8 Å². The van der Waals surface area contributed by atoms with Crippen LogP contribution < -0.4 is 0 Å². The first kappa shape index (κ1) is 10.4. The molecule has 0 amide bonds. The number of alkyl halides is 1. The van der Waals surface area contributed by atoms with Gasteiger partial charge >= 0.3 is 0 Å². The molecule has 1 aromatic heterocycles. The summed E-state index contributed by atoms with van der Waals surface area (Å²) < 4.78 is 2.18. The summed E-state index contributed by atoms with van der Waals surface area (Å²) in [5.41, 5.74) is 1.98. The van der Waals surface area contributed by atoms with Crippen LogP contribution in [0.2, 0.25) is 5.02 Å². The number of imidazole rings is 1. The lowest BCUT2D eigenvalue weighted by molar-refractivity contribution is 0.623. The number of hydrogen-bond acceptors (Lipinski definition) is 1. The molecule has 0 aliphatic heterocycles. The fourth-order valence-corrected chi connectivity index (χ4v) is 2.52. The van der Waals surface area contributed by atoms with E-state index in [0.29, 0.717) is 5.88 Å². The molecule has 0 bridgehead atoms. The Balaban J connectivity index is 2.19. The van der Waals surface area contributed by atoms with Gasteiger partial charge in [0.2, 0.25) is 0 Å². The van der Waals surface area contributed by atoms with Gasteiger partial charge in [0.15, 0.2) is 0 Å². The van der Waals surface area contributed by atoms with Crippen molar-refractivity contribution in [3.8, 4) is 0 Å². The van der Waals surface area contributed by atoms with Crippen molar-refractivity contribution in [2.45, 2.75) is 25.3 Å². The number of para-hydroxylation sites is 1. The fraction of sp³-hybridized carbons (Fsp3) is 0.417. The lowest BCUT2D eigenvalue weighted by atomic mass is 10.3. The van der Waals surface area contributed by atoms with Crippen LogP contribution in [0.4, 0.5) is 0 Å². The van der Waals surface area contributed by atoms with Crippen molar-refractivity contribution in [1.82, 2.24) is 9.55 Å². The van der Waals surface area contributed by atoms with Crippen molar-refractivity contribution in [2.24, 2.45) is 5.92 Å². The summed E-state index contributed by atoms with van der Waals surface area (Å²) in [6.07, 6.45) is 2.62. The van der Waals surface area contributed by atoms with E-state index >= 15 is 0 Å². The highest BCUT2D eigenvalue weighted by molar-refractivity contribution is 6.35. The Morgan fingerprint density at radius 1 is 1.38 bits per heavy atom. The predicted molar refractivity (Wildman–Crippen MR) is 67.0 cm³/mol. The lowest BCUT2D eigenvalue weighted by Gasteiger charge is -2.07. The number of aromatic nitrogens is 2. The van der Waals surface area contributed by atoms with Crippen molar-refractivity contribution >= 4 is 34.2 Å². The molecule has 0 unspecified atom stereocenters. The number of fused-ring (bicyclic) bond motifs is 1. The highest BCUT2D eigenvalue weighted by Crippen LogP contribution is 2.34. The Labute approximate surface area is 104 Å². The summed E-state index contributed by atoms with van der Waals surface area (Å²) in [7, 11) is 0. The predicted octanol–water partition coefficient (Wildman–Crippen LogP) is 3.84. The molecule has 1 aliphatic rings. The van der Waals surface area contributed by atoms with Gasteiger partial charge in [0.25, 0.3) is 0 Å². The van der Waals surface area contributed by atoms with Crippen molar-refractivity contribution in [3.05, 3.63) is 29.0 Å². The minimum absolute atomic E-state index is 0.442. The van der Waals surface area contributed by atoms with Gasteiger partial charge in [-0.3, -0.25) is 0 Å². The fourth-order valence-electron chi connectivity index (χ4n) is 2.05. The normalized spacial score (nSPS) is 15.9. The first-order valence-electron chi connectivity index (χ1n) is 5.49. The summed E-state index contributed by atoms with van der Waals surface area (Å²) in [6, 6.07) is 5.82. The van der Waals surface area contributed by atoms with E-state index in [1.54, 1.807) is 0 Å². The van der Waals surface area contributed by atoms with Gasteiger partial charge in [-0.1, -0.05) is 17.7 Å². The van der Waals surface area contributed by atoms with Crippen molar-refractivity contribution in [1.29, 1.82) is 0 Å². The van der Waals surface area contributed by atoms with E-state index in [1.807, 2.05) is 18.2 Å². The second-order valence-electron chi connectivity index (χ2n) is 4.32. The molecule has 2 aromatic rings. The first-order chi connectivity index (χ1) is 7.79. The van der Waals surface area contributed by atoms with Gasteiger partial charge in [-0.15, -0.1) is 11.6 Å². The van der Waals surface area contributed by atoms with E-state index in [1.165, 1.54) is 12.8 Å². The van der Waals surface area contributed by atoms with Gasteiger partial charge in [0.05, 0.1) is 21.9 Å². The maximum Gasteiger partial charge on any atom is 0.124 e. The van der Waals surface area contributed by atoms with E-state index in [9.17, 15) is 0 Å². The zero-order chi connectivity index (χ0) is 11.1. The Morgan fingerprint density at radius 2 is 2.19 bits per heavy atom. The standard InChI is InChI=1S/C12H12Cl2N2/c13-6-11-15-10-3-1-2-9(14)12(10)16(11)7-8-4-5-8/h1-3,8H,4-7H2. The van der Waals surface area contributed by atoms with Gasteiger partial charge in [-0.2, -0.15) is 0 Å². The van der Waals surface area contributed by atoms with Crippen LogP contribution in [-0.2, 0) is 12.4 Å². The van der Waals surface area contributed by atoms with Crippen LogP contribution in [0, 0.1) is 5.92 Å². The average molecular weight is 255 g/mol. The van der Waals surface area contributed by atoms with E-state index < -0.39 is 0 Å². The van der Waals surface area contributed by atoms with Crippen LogP contribution in [0.3, 0.4) is 0 Å². The maximum atomic E-state index is 6.23. The van der Waals surface area contributed by atoms with E-state index in [4.69, 9.17) is 23.2 Å². The summed E-state index contributed by atoms with van der Waals surface area (Å²) in [4.78, 5) is 4.52. The van der Waals surface area contributed by atoms with Crippen molar-refractivity contribution in [2.75, 3.05) is 0 Å². The van der Waals surface area contributed by atoms with E-state index in [2.05, 4.69) is 9.55 Å². The van der Waals surface area contributed by atoms with Gasteiger partial charge in [0.1, 0.15) is 5.82 Å². The molecule has 84 valence electrons. The van der Waals surface area contributed by atoms with E-state index in [-0.39, 0.29) is 0 Å². The largest absolute Gasteiger partial charge is 0.325 e. The number of rotatable bonds is 3. The minimum Gasteiger partial charge on any atom is -0.325 e. The zero-order valence-electron chi connectivity index (χ0n) is 8.79. The lowest BCUT2D eigenvalue weighted by Crippen LogP contribution is -2.04. The molecule has 0 spiro atoms. The number of hydrogen-bond donors (Lipinski definition) is 0. The molecule has 0 saturated heterocycles. The van der Waals surface area contributed by atoms with Gasteiger partial charge in [-0.25, -0.2) is 4.98 Å². The van der Waals surface area contributed by atoms with Crippen LogP contribution in [0.15, 0.2) is 18.2 Å². The molecular formula is C12H12Cl2N2. The molecule has 0 N–H and O–H groups in total. The van der Waals surface area contributed by atoms with Crippen LogP contribution >= 0.6 is 23.2 Å². The third-order valence-corrected chi connectivity index (χ3v) is 3.60. The Bertz CT molecular complexity index is 529. The van der Waals surface area contributed by atoms with Crippen molar-refractivity contribution in [3.63, 3.8) is 0 Å². The molecule has 1 aliphatic carbocycles. The van der Waals surface area contributed by atoms with Crippen LogP contribution in [0.5, 0.6) is 0 Å². The minimum atomic E-state index is 0.442. The van der Waals surface area contributed by atoms with Gasteiger partial charge < -0.3 is 4.57 Å². The highest BCUT2D eigenvalue weighted by Gasteiger charge is 2.24. The Kier molecular flexibility index (Phi) is 2.56. The molecule has 1 fully saturated rings. The molecule has 16 heavy (non-hydrogen) atoms. The zero-order valence-corrected chi connectivity index (χ0v) is 10.3. The molecule has 3 rings (SSSR count).